The third-order valence-electron chi connectivity index (χ3n) is 3.38. The van der Waals surface area contributed by atoms with Gasteiger partial charge in [-0.05, 0) is 25.8 Å². The number of amides is 1. The van der Waals surface area contributed by atoms with E-state index in [1.165, 1.54) is 19.2 Å². The molecule has 1 atom stereocenters. The number of nitrogens with two attached hydrogens (primary N) is 1. The Kier molecular flexibility index (Phi) is 7.97. The number of methoxy groups -OCH3 is 1. The molecule has 8 nitrogen and oxygen atoms in total. The van der Waals surface area contributed by atoms with Crippen LogP contribution in [-0.2, 0) is 4.79 Å². The Morgan fingerprint density at radius 2 is 2.12 bits per heavy atom. The van der Waals surface area contributed by atoms with Crippen LogP contribution < -0.4 is 20.5 Å². The Morgan fingerprint density at radius 1 is 1.42 bits per heavy atom. The van der Waals surface area contributed by atoms with Crippen LogP contribution in [0.1, 0.15) is 44.7 Å². The van der Waals surface area contributed by atoms with Crippen LogP contribution in [0.2, 0.25) is 0 Å². The average molecular weight is 339 g/mol. The summed E-state index contributed by atoms with van der Waals surface area (Å²) in [4.78, 5) is 22.2. The molecule has 0 saturated heterocycles. The maximum Gasteiger partial charge on any atom is 0.278 e. The molecule has 0 aliphatic carbocycles. The number of carbonyl (C=O) groups is 1. The van der Waals surface area contributed by atoms with Crippen LogP contribution in [-0.4, -0.2) is 31.1 Å². The van der Waals surface area contributed by atoms with E-state index in [0.29, 0.717) is 30.7 Å². The molecule has 3 N–H and O–H groups in total. The predicted molar refractivity (Wildman–Crippen MR) is 90.3 cm³/mol. The lowest BCUT2D eigenvalue weighted by atomic mass is 10.1. The SMILES string of the molecule is CCCNC(=O)CCCOc1cc([N+](=O)[O-])c(C(C)N)cc1OC. The lowest BCUT2D eigenvalue weighted by Crippen LogP contribution is -2.24. The van der Waals surface area contributed by atoms with Crippen molar-refractivity contribution in [3.05, 3.63) is 27.8 Å². The second kappa shape index (κ2) is 9.71. The minimum absolute atomic E-state index is 0.0364. The Morgan fingerprint density at radius 3 is 2.67 bits per heavy atom. The highest BCUT2D eigenvalue weighted by Gasteiger charge is 2.22. The van der Waals surface area contributed by atoms with Gasteiger partial charge in [-0.25, -0.2) is 0 Å². The van der Waals surface area contributed by atoms with Gasteiger partial charge in [0.15, 0.2) is 11.5 Å². The number of nitrogens with zero attached hydrogens (tertiary/aromatic N) is 1. The number of nitro benzene ring substituents is 1. The zero-order chi connectivity index (χ0) is 18.1. The summed E-state index contributed by atoms with van der Waals surface area (Å²) in [7, 11) is 1.46. The Labute approximate surface area is 141 Å². The minimum Gasteiger partial charge on any atom is -0.493 e. The van der Waals surface area contributed by atoms with E-state index in [9.17, 15) is 14.9 Å². The fraction of sp³-hybridized carbons (Fsp3) is 0.562. The molecule has 1 amide bonds. The maximum atomic E-state index is 11.5. The summed E-state index contributed by atoms with van der Waals surface area (Å²) in [5, 5.41) is 14.0. The molecule has 0 aromatic heterocycles. The van der Waals surface area contributed by atoms with E-state index in [0.717, 1.165) is 6.42 Å². The van der Waals surface area contributed by atoms with Crippen LogP contribution in [0.3, 0.4) is 0 Å². The van der Waals surface area contributed by atoms with Crippen molar-refractivity contribution in [2.45, 2.75) is 39.2 Å². The molecule has 1 aromatic rings. The molecule has 0 aliphatic heterocycles. The number of carbonyl (C=O) groups excluding carboxylic acids is 1. The van der Waals surface area contributed by atoms with Crippen LogP contribution in [0.5, 0.6) is 11.5 Å². The molecule has 1 rings (SSSR count). The van der Waals surface area contributed by atoms with Crippen molar-refractivity contribution in [2.24, 2.45) is 5.73 Å². The Hall–Kier alpha value is -2.35. The summed E-state index contributed by atoms with van der Waals surface area (Å²) < 4.78 is 10.8. The molecule has 0 spiro atoms. The lowest BCUT2D eigenvalue weighted by Gasteiger charge is -2.14. The molecular formula is C16H25N3O5. The summed E-state index contributed by atoms with van der Waals surface area (Å²) in [6.07, 6.45) is 1.72. The quantitative estimate of drug-likeness (QED) is 0.384. The third-order valence-corrected chi connectivity index (χ3v) is 3.38. The monoisotopic (exact) mass is 339 g/mol. The standard InChI is InChI=1S/C16H25N3O5/c1-4-7-18-16(20)6-5-8-24-15-10-13(19(21)22)12(11(2)17)9-14(15)23-3/h9-11H,4-8,17H2,1-3H3,(H,18,20). The average Bonchev–Trinajstić information content (AvgIpc) is 2.55. The Bertz CT molecular complexity index is 575. The van der Waals surface area contributed by atoms with E-state index in [1.54, 1.807) is 6.92 Å². The summed E-state index contributed by atoms with van der Waals surface area (Å²) in [5.74, 6) is 0.608. The van der Waals surface area contributed by atoms with Crippen molar-refractivity contribution in [3.63, 3.8) is 0 Å². The van der Waals surface area contributed by atoms with E-state index < -0.39 is 11.0 Å². The van der Waals surface area contributed by atoms with E-state index >= 15 is 0 Å². The molecule has 0 radical (unpaired) electrons. The molecule has 0 fully saturated rings. The number of hydrogen-bond acceptors (Lipinski definition) is 6. The first-order valence-electron chi connectivity index (χ1n) is 7.92. The lowest BCUT2D eigenvalue weighted by molar-refractivity contribution is -0.385. The van der Waals surface area contributed by atoms with E-state index in [-0.39, 0.29) is 24.0 Å². The summed E-state index contributed by atoms with van der Waals surface area (Å²) in [5.41, 5.74) is 6.04. The first kappa shape index (κ1) is 19.7. The number of ether oxygens (including phenoxy) is 2. The fourth-order valence-corrected chi connectivity index (χ4v) is 2.13. The van der Waals surface area contributed by atoms with Crippen molar-refractivity contribution in [3.8, 4) is 11.5 Å². The number of benzene rings is 1. The Balaban J connectivity index is 2.75. The minimum atomic E-state index is -0.504. The van der Waals surface area contributed by atoms with Gasteiger partial charge in [0, 0.05) is 19.0 Å². The van der Waals surface area contributed by atoms with Crippen molar-refractivity contribution in [2.75, 3.05) is 20.3 Å². The maximum absolute atomic E-state index is 11.5. The topological polar surface area (TPSA) is 117 Å². The molecule has 24 heavy (non-hydrogen) atoms. The van der Waals surface area contributed by atoms with Crippen LogP contribution >= 0.6 is 0 Å². The van der Waals surface area contributed by atoms with Crippen molar-refractivity contribution >= 4 is 11.6 Å². The third kappa shape index (κ3) is 5.69. The van der Waals surface area contributed by atoms with Gasteiger partial charge in [0.1, 0.15) is 0 Å². The molecular weight excluding hydrogens is 314 g/mol. The zero-order valence-electron chi connectivity index (χ0n) is 14.3. The van der Waals surface area contributed by atoms with E-state index in [1.807, 2.05) is 6.92 Å². The highest BCUT2D eigenvalue weighted by Crippen LogP contribution is 2.36. The van der Waals surface area contributed by atoms with Crippen LogP contribution in [0.4, 0.5) is 5.69 Å². The smallest absolute Gasteiger partial charge is 0.278 e. The zero-order valence-corrected chi connectivity index (χ0v) is 14.3. The molecule has 134 valence electrons. The summed E-state index contributed by atoms with van der Waals surface area (Å²) in [6, 6.07) is 2.33. The van der Waals surface area contributed by atoms with Gasteiger partial charge in [0.25, 0.3) is 5.69 Å². The predicted octanol–water partition coefficient (Wildman–Crippen LogP) is 2.31. The van der Waals surface area contributed by atoms with Crippen LogP contribution in [0.15, 0.2) is 12.1 Å². The normalized spacial score (nSPS) is 11.7. The molecule has 0 heterocycles. The summed E-state index contributed by atoms with van der Waals surface area (Å²) >= 11 is 0. The summed E-state index contributed by atoms with van der Waals surface area (Å²) in [6.45, 7) is 4.55. The van der Waals surface area contributed by atoms with Crippen molar-refractivity contribution < 1.29 is 19.2 Å². The van der Waals surface area contributed by atoms with Gasteiger partial charge < -0.3 is 20.5 Å². The molecule has 1 aromatic carbocycles. The van der Waals surface area contributed by atoms with Crippen LogP contribution in [0.25, 0.3) is 0 Å². The van der Waals surface area contributed by atoms with Gasteiger partial charge in [-0.2, -0.15) is 0 Å². The van der Waals surface area contributed by atoms with E-state index in [4.69, 9.17) is 15.2 Å². The number of hydrogen-bond donors (Lipinski definition) is 2. The second-order valence-corrected chi connectivity index (χ2v) is 5.41. The van der Waals surface area contributed by atoms with Gasteiger partial charge in [-0.15, -0.1) is 0 Å². The molecule has 0 saturated carbocycles. The first-order chi connectivity index (χ1) is 11.4. The largest absolute Gasteiger partial charge is 0.493 e. The van der Waals surface area contributed by atoms with Crippen molar-refractivity contribution in [1.29, 1.82) is 0 Å². The van der Waals surface area contributed by atoms with Gasteiger partial charge in [0.05, 0.1) is 30.3 Å². The van der Waals surface area contributed by atoms with Crippen molar-refractivity contribution in [1.82, 2.24) is 5.32 Å². The highest BCUT2D eigenvalue weighted by molar-refractivity contribution is 5.75. The molecule has 0 aliphatic rings. The number of nitrogens with one attached hydrogen (secondary N) is 1. The fourth-order valence-electron chi connectivity index (χ4n) is 2.13. The van der Waals surface area contributed by atoms with Gasteiger partial charge >= 0.3 is 0 Å². The van der Waals surface area contributed by atoms with Gasteiger partial charge in [0.2, 0.25) is 5.91 Å². The van der Waals surface area contributed by atoms with Crippen LogP contribution in [0, 0.1) is 10.1 Å². The van der Waals surface area contributed by atoms with Gasteiger partial charge in [-0.3, -0.25) is 14.9 Å². The first-order valence-corrected chi connectivity index (χ1v) is 7.92. The molecule has 8 heteroatoms. The second-order valence-electron chi connectivity index (χ2n) is 5.41. The van der Waals surface area contributed by atoms with Gasteiger partial charge in [-0.1, -0.05) is 6.92 Å². The highest BCUT2D eigenvalue weighted by atomic mass is 16.6. The molecule has 0 bridgehead atoms. The number of rotatable bonds is 10. The van der Waals surface area contributed by atoms with E-state index in [2.05, 4.69) is 5.32 Å². The molecule has 1 unspecified atom stereocenters. The number of nitro groups is 1.